The van der Waals surface area contributed by atoms with Crippen molar-refractivity contribution in [1.29, 1.82) is 0 Å². The zero-order chi connectivity index (χ0) is 19.0. The van der Waals surface area contributed by atoms with Crippen LogP contribution in [-0.2, 0) is 20.6 Å². The third-order valence-electron chi connectivity index (χ3n) is 4.02. The van der Waals surface area contributed by atoms with E-state index in [0.29, 0.717) is 23.6 Å². The summed E-state index contributed by atoms with van der Waals surface area (Å²) in [6.45, 7) is 2.32. The molecule has 0 amide bonds. The molecule has 0 unspecified atom stereocenters. The van der Waals surface area contributed by atoms with Crippen molar-refractivity contribution in [2.75, 3.05) is 5.43 Å². The monoisotopic (exact) mass is 420 g/mol. The van der Waals surface area contributed by atoms with E-state index in [1.807, 2.05) is 6.92 Å². The van der Waals surface area contributed by atoms with Crippen LogP contribution in [0.3, 0.4) is 0 Å². The predicted octanol–water partition coefficient (Wildman–Crippen LogP) is 1.37. The summed E-state index contributed by atoms with van der Waals surface area (Å²) in [7, 11) is 2.99. The van der Waals surface area contributed by atoms with Crippen LogP contribution in [0.25, 0.3) is 11.2 Å². The number of nitrogens with one attached hydrogen (secondary N) is 1. The lowest BCUT2D eigenvalue weighted by Gasteiger charge is -2.06. The molecule has 10 heteroatoms. The third kappa shape index (κ3) is 2.92. The summed E-state index contributed by atoms with van der Waals surface area (Å²) in [5.74, 6) is 0.408. The van der Waals surface area contributed by atoms with Crippen LogP contribution in [0.15, 0.2) is 37.4 Å². The van der Waals surface area contributed by atoms with Crippen LogP contribution in [0.4, 0.5) is 5.95 Å². The van der Waals surface area contributed by atoms with E-state index in [9.17, 15) is 14.7 Å². The van der Waals surface area contributed by atoms with E-state index >= 15 is 0 Å². The van der Waals surface area contributed by atoms with Gasteiger partial charge in [-0.15, -0.1) is 0 Å². The standard InChI is InChI=1S/C16H17BrN6O3/c1-4-23-12-13(21(2)16(26)22(3)14(12)25)19-15(23)20-18-8-9-7-10(17)5-6-11(9)24/h5-8,24H,4H2,1-3H3,(H,19,20)/b18-8-. The van der Waals surface area contributed by atoms with Gasteiger partial charge in [0.2, 0.25) is 5.95 Å². The van der Waals surface area contributed by atoms with E-state index in [2.05, 4.69) is 31.4 Å². The topological polar surface area (TPSA) is 106 Å². The van der Waals surface area contributed by atoms with E-state index in [1.54, 1.807) is 29.8 Å². The van der Waals surface area contributed by atoms with Gasteiger partial charge in [0.05, 0.1) is 6.21 Å². The predicted molar refractivity (Wildman–Crippen MR) is 103 cm³/mol. The van der Waals surface area contributed by atoms with Crippen molar-refractivity contribution in [1.82, 2.24) is 18.7 Å². The van der Waals surface area contributed by atoms with Crippen molar-refractivity contribution >= 4 is 39.3 Å². The maximum absolute atomic E-state index is 12.5. The number of anilines is 1. The molecular weight excluding hydrogens is 404 g/mol. The summed E-state index contributed by atoms with van der Waals surface area (Å²) in [5.41, 5.74) is 3.02. The summed E-state index contributed by atoms with van der Waals surface area (Å²) >= 11 is 3.33. The Morgan fingerprint density at radius 1 is 1.31 bits per heavy atom. The van der Waals surface area contributed by atoms with Crippen molar-refractivity contribution in [2.24, 2.45) is 19.2 Å². The molecule has 0 atom stereocenters. The van der Waals surface area contributed by atoms with Gasteiger partial charge in [-0.25, -0.2) is 10.2 Å². The number of hydrazone groups is 1. The number of nitrogens with zero attached hydrogens (tertiary/aromatic N) is 5. The number of imidazole rings is 1. The largest absolute Gasteiger partial charge is 0.507 e. The molecule has 0 radical (unpaired) electrons. The SMILES string of the molecule is CCn1c(N/N=C\c2cc(Br)ccc2O)nc2c1c(=O)n(C)c(=O)n2C. The number of halogens is 1. The summed E-state index contributed by atoms with van der Waals surface area (Å²) in [4.78, 5) is 28.9. The number of aromatic nitrogens is 4. The molecular formula is C16H17BrN6O3. The Hall–Kier alpha value is -2.88. The first-order valence-electron chi connectivity index (χ1n) is 7.79. The molecule has 0 aliphatic heterocycles. The lowest BCUT2D eigenvalue weighted by atomic mass is 10.2. The number of benzene rings is 1. The Bertz CT molecular complexity index is 1140. The van der Waals surface area contributed by atoms with Crippen molar-refractivity contribution in [2.45, 2.75) is 13.5 Å². The molecule has 0 bridgehead atoms. The highest BCUT2D eigenvalue weighted by atomic mass is 79.9. The number of rotatable bonds is 4. The highest BCUT2D eigenvalue weighted by Gasteiger charge is 2.17. The van der Waals surface area contributed by atoms with E-state index in [4.69, 9.17) is 0 Å². The lowest BCUT2D eigenvalue weighted by Crippen LogP contribution is -2.37. The Balaban J connectivity index is 2.06. The number of phenols is 1. The van der Waals surface area contributed by atoms with E-state index < -0.39 is 11.2 Å². The molecule has 2 heterocycles. The molecule has 0 fully saturated rings. The van der Waals surface area contributed by atoms with Gasteiger partial charge < -0.3 is 9.67 Å². The van der Waals surface area contributed by atoms with Gasteiger partial charge >= 0.3 is 5.69 Å². The van der Waals surface area contributed by atoms with Gasteiger partial charge in [0, 0.05) is 30.7 Å². The van der Waals surface area contributed by atoms with Gasteiger partial charge in [0.25, 0.3) is 5.56 Å². The molecule has 0 aliphatic rings. The quantitative estimate of drug-likeness (QED) is 0.489. The Labute approximate surface area is 156 Å². The summed E-state index contributed by atoms with van der Waals surface area (Å²) in [6, 6.07) is 4.97. The van der Waals surface area contributed by atoms with Crippen molar-refractivity contribution in [3.63, 3.8) is 0 Å². The number of aryl methyl sites for hydroxylation is 2. The van der Waals surface area contributed by atoms with E-state index in [1.165, 1.54) is 17.8 Å². The molecule has 9 nitrogen and oxygen atoms in total. The molecule has 136 valence electrons. The molecule has 0 saturated heterocycles. The average molecular weight is 421 g/mol. The number of aromatic hydroxyl groups is 1. The zero-order valence-electron chi connectivity index (χ0n) is 14.4. The van der Waals surface area contributed by atoms with Crippen LogP contribution in [0.5, 0.6) is 5.75 Å². The normalized spacial score (nSPS) is 11.5. The molecule has 0 saturated carbocycles. The fourth-order valence-electron chi connectivity index (χ4n) is 2.63. The molecule has 3 rings (SSSR count). The third-order valence-corrected chi connectivity index (χ3v) is 4.52. The molecule has 26 heavy (non-hydrogen) atoms. The van der Waals surface area contributed by atoms with Gasteiger partial charge in [-0.3, -0.25) is 13.9 Å². The molecule has 3 aromatic rings. The summed E-state index contributed by atoms with van der Waals surface area (Å²) < 4.78 is 4.81. The maximum atomic E-state index is 12.5. The first-order valence-corrected chi connectivity index (χ1v) is 8.58. The van der Waals surface area contributed by atoms with Gasteiger partial charge in [0.15, 0.2) is 11.2 Å². The molecule has 0 aliphatic carbocycles. The second-order valence-electron chi connectivity index (χ2n) is 5.63. The van der Waals surface area contributed by atoms with Crippen LogP contribution in [0.2, 0.25) is 0 Å². The van der Waals surface area contributed by atoms with Crippen LogP contribution < -0.4 is 16.7 Å². The van der Waals surface area contributed by atoms with Crippen LogP contribution in [-0.4, -0.2) is 30.0 Å². The second-order valence-corrected chi connectivity index (χ2v) is 6.55. The minimum atomic E-state index is -0.447. The van der Waals surface area contributed by atoms with E-state index in [-0.39, 0.29) is 11.4 Å². The van der Waals surface area contributed by atoms with Crippen LogP contribution in [0, 0.1) is 0 Å². The van der Waals surface area contributed by atoms with E-state index in [0.717, 1.165) is 9.04 Å². The number of hydrogen-bond donors (Lipinski definition) is 2. The Morgan fingerprint density at radius 3 is 2.73 bits per heavy atom. The van der Waals surface area contributed by atoms with Crippen LogP contribution in [0.1, 0.15) is 12.5 Å². The first kappa shape index (κ1) is 17.9. The van der Waals surface area contributed by atoms with Crippen molar-refractivity contribution < 1.29 is 5.11 Å². The van der Waals surface area contributed by atoms with Gasteiger partial charge in [0.1, 0.15) is 5.75 Å². The fraction of sp³-hybridized carbons (Fsp3) is 0.250. The number of phenolic OH excluding ortho intramolecular Hbond substituents is 1. The van der Waals surface area contributed by atoms with Gasteiger partial charge in [-0.05, 0) is 25.1 Å². The van der Waals surface area contributed by atoms with Crippen molar-refractivity contribution in [3.8, 4) is 5.75 Å². The lowest BCUT2D eigenvalue weighted by molar-refractivity contribution is 0.474. The highest BCUT2D eigenvalue weighted by Crippen LogP contribution is 2.20. The second kappa shape index (κ2) is 6.79. The average Bonchev–Trinajstić information content (AvgIpc) is 2.99. The minimum Gasteiger partial charge on any atom is -0.507 e. The number of hydrogen-bond acceptors (Lipinski definition) is 6. The zero-order valence-corrected chi connectivity index (χ0v) is 16.0. The summed E-state index contributed by atoms with van der Waals surface area (Å²) in [5, 5.41) is 13.9. The van der Waals surface area contributed by atoms with Crippen LogP contribution >= 0.6 is 15.9 Å². The molecule has 1 aromatic carbocycles. The summed E-state index contributed by atoms with van der Waals surface area (Å²) in [6.07, 6.45) is 1.44. The Kier molecular flexibility index (Phi) is 4.68. The molecule has 0 spiro atoms. The molecule has 2 aromatic heterocycles. The first-order chi connectivity index (χ1) is 12.3. The smallest absolute Gasteiger partial charge is 0.332 e. The molecule has 2 N–H and O–H groups in total. The minimum absolute atomic E-state index is 0.0824. The van der Waals surface area contributed by atoms with Crippen molar-refractivity contribution in [3.05, 3.63) is 49.1 Å². The highest BCUT2D eigenvalue weighted by molar-refractivity contribution is 9.10. The van der Waals surface area contributed by atoms with Gasteiger partial charge in [-0.2, -0.15) is 10.1 Å². The van der Waals surface area contributed by atoms with Gasteiger partial charge in [-0.1, -0.05) is 15.9 Å². The fourth-order valence-corrected chi connectivity index (χ4v) is 3.01. The Morgan fingerprint density at radius 2 is 2.04 bits per heavy atom. The maximum Gasteiger partial charge on any atom is 0.332 e. The number of fused-ring (bicyclic) bond motifs is 1.